The van der Waals surface area contributed by atoms with Crippen molar-refractivity contribution in [2.75, 3.05) is 18.5 Å². The highest BCUT2D eigenvalue weighted by atomic mass is 35.5. The van der Waals surface area contributed by atoms with Gasteiger partial charge in [0.1, 0.15) is 6.54 Å². The maximum absolute atomic E-state index is 11.6. The molecule has 78 valence electrons. The fourth-order valence-electron chi connectivity index (χ4n) is 1.49. The first kappa shape index (κ1) is 9.98. The van der Waals surface area contributed by atoms with Crippen molar-refractivity contribution in [1.29, 1.82) is 0 Å². The lowest BCUT2D eigenvalue weighted by Crippen LogP contribution is -2.31. The molecule has 1 aliphatic rings. The number of benzene rings is 1. The lowest BCUT2D eigenvalue weighted by atomic mass is 10.3. The van der Waals surface area contributed by atoms with Crippen LogP contribution in [0.1, 0.15) is 0 Å². The SMILES string of the molecule is CN1CC(=O)N(c2cccc(Cl)c2)C1=O. The molecular weight excluding hydrogens is 216 g/mol. The number of rotatable bonds is 1. The van der Waals surface area contributed by atoms with E-state index in [-0.39, 0.29) is 18.5 Å². The molecule has 2 rings (SSSR count). The van der Waals surface area contributed by atoms with Crippen LogP contribution in [0.2, 0.25) is 5.02 Å². The number of hydrogen-bond acceptors (Lipinski definition) is 2. The van der Waals surface area contributed by atoms with Crippen LogP contribution in [0.3, 0.4) is 0 Å². The molecule has 0 N–H and O–H groups in total. The van der Waals surface area contributed by atoms with Gasteiger partial charge in [-0.3, -0.25) is 4.79 Å². The van der Waals surface area contributed by atoms with E-state index in [1.54, 1.807) is 31.3 Å². The number of nitrogens with zero attached hydrogens (tertiary/aromatic N) is 2. The molecule has 15 heavy (non-hydrogen) atoms. The molecule has 3 amide bonds. The zero-order chi connectivity index (χ0) is 11.0. The van der Waals surface area contributed by atoms with E-state index in [0.717, 1.165) is 4.90 Å². The van der Waals surface area contributed by atoms with Crippen LogP contribution in [0.4, 0.5) is 10.5 Å². The number of halogens is 1. The molecule has 0 radical (unpaired) electrons. The predicted octanol–water partition coefficient (Wildman–Crippen LogP) is 1.74. The van der Waals surface area contributed by atoms with E-state index in [0.29, 0.717) is 10.7 Å². The Hall–Kier alpha value is -1.55. The summed E-state index contributed by atoms with van der Waals surface area (Å²) in [6, 6.07) is 6.36. The second-order valence-electron chi connectivity index (χ2n) is 3.35. The molecule has 5 heteroatoms. The van der Waals surface area contributed by atoms with Gasteiger partial charge >= 0.3 is 6.03 Å². The smallest absolute Gasteiger partial charge is 0.318 e. The minimum Gasteiger partial charge on any atom is -0.318 e. The van der Waals surface area contributed by atoms with Gasteiger partial charge in [-0.05, 0) is 18.2 Å². The number of urea groups is 1. The van der Waals surface area contributed by atoms with E-state index < -0.39 is 0 Å². The largest absolute Gasteiger partial charge is 0.331 e. The molecule has 0 bridgehead atoms. The van der Waals surface area contributed by atoms with Crippen LogP contribution in [-0.2, 0) is 4.79 Å². The van der Waals surface area contributed by atoms with Gasteiger partial charge < -0.3 is 4.90 Å². The molecule has 0 aliphatic carbocycles. The van der Waals surface area contributed by atoms with Gasteiger partial charge in [0.2, 0.25) is 0 Å². The van der Waals surface area contributed by atoms with Crippen molar-refractivity contribution in [1.82, 2.24) is 4.90 Å². The van der Waals surface area contributed by atoms with Crippen LogP contribution in [0, 0.1) is 0 Å². The van der Waals surface area contributed by atoms with E-state index in [2.05, 4.69) is 0 Å². The third-order valence-electron chi connectivity index (χ3n) is 2.21. The molecule has 1 aromatic carbocycles. The Morgan fingerprint density at radius 2 is 2.07 bits per heavy atom. The minimum atomic E-state index is -0.317. The third kappa shape index (κ3) is 1.68. The Bertz CT molecular complexity index is 433. The van der Waals surface area contributed by atoms with Crippen LogP contribution in [-0.4, -0.2) is 30.4 Å². The summed E-state index contributed by atoms with van der Waals surface area (Å²) in [7, 11) is 1.59. The van der Waals surface area contributed by atoms with Gasteiger partial charge in [-0.15, -0.1) is 0 Å². The number of anilines is 1. The molecule has 4 nitrogen and oxygen atoms in total. The van der Waals surface area contributed by atoms with Gasteiger partial charge in [-0.2, -0.15) is 0 Å². The van der Waals surface area contributed by atoms with Gasteiger partial charge in [0.25, 0.3) is 5.91 Å². The second-order valence-corrected chi connectivity index (χ2v) is 3.78. The zero-order valence-electron chi connectivity index (χ0n) is 8.11. The van der Waals surface area contributed by atoms with E-state index in [4.69, 9.17) is 11.6 Å². The highest BCUT2D eigenvalue weighted by Crippen LogP contribution is 2.23. The summed E-state index contributed by atoms with van der Waals surface area (Å²) in [6.45, 7) is 0.116. The first-order valence-corrected chi connectivity index (χ1v) is 4.81. The zero-order valence-corrected chi connectivity index (χ0v) is 8.86. The van der Waals surface area contributed by atoms with Crippen molar-refractivity contribution >= 4 is 29.2 Å². The summed E-state index contributed by atoms with van der Waals surface area (Å²) in [6.07, 6.45) is 0. The quantitative estimate of drug-likeness (QED) is 0.682. The average Bonchev–Trinajstić information content (AvgIpc) is 2.41. The van der Waals surface area contributed by atoms with Crippen LogP contribution < -0.4 is 4.90 Å². The van der Waals surface area contributed by atoms with Crippen LogP contribution in [0.15, 0.2) is 24.3 Å². The van der Waals surface area contributed by atoms with Crippen molar-refractivity contribution in [3.63, 3.8) is 0 Å². The van der Waals surface area contributed by atoms with Gasteiger partial charge in [0.15, 0.2) is 0 Å². The highest BCUT2D eigenvalue weighted by Gasteiger charge is 2.34. The Morgan fingerprint density at radius 3 is 2.60 bits per heavy atom. The molecule has 1 aromatic rings. The molecule has 0 atom stereocenters. The van der Waals surface area contributed by atoms with E-state index >= 15 is 0 Å². The summed E-state index contributed by atoms with van der Waals surface area (Å²) >= 11 is 5.79. The van der Waals surface area contributed by atoms with E-state index in [1.807, 2.05) is 0 Å². The van der Waals surface area contributed by atoms with Gasteiger partial charge in [-0.25, -0.2) is 9.69 Å². The molecule has 0 unspecified atom stereocenters. The van der Waals surface area contributed by atoms with Gasteiger partial charge in [-0.1, -0.05) is 17.7 Å². The number of likely N-dealkylation sites (N-methyl/N-ethyl adjacent to an activating group) is 1. The number of amides is 3. The molecule has 0 aromatic heterocycles. The lowest BCUT2D eigenvalue weighted by molar-refractivity contribution is -0.116. The second kappa shape index (κ2) is 3.55. The molecule has 1 fully saturated rings. The Morgan fingerprint density at radius 1 is 1.33 bits per heavy atom. The molecule has 1 heterocycles. The molecular formula is C10H9ClN2O2. The van der Waals surface area contributed by atoms with Crippen molar-refractivity contribution in [2.24, 2.45) is 0 Å². The summed E-state index contributed by atoms with van der Waals surface area (Å²) in [5.74, 6) is -0.232. The number of carbonyl (C=O) groups excluding carboxylic acids is 2. The Labute approximate surface area is 92.0 Å². The van der Waals surface area contributed by atoms with Crippen molar-refractivity contribution in [3.05, 3.63) is 29.3 Å². The monoisotopic (exact) mass is 224 g/mol. The summed E-state index contributed by atoms with van der Waals surface area (Å²) in [4.78, 5) is 25.6. The number of hydrogen-bond donors (Lipinski definition) is 0. The number of imide groups is 1. The van der Waals surface area contributed by atoms with Crippen LogP contribution >= 0.6 is 11.6 Å². The van der Waals surface area contributed by atoms with Crippen LogP contribution in [0.25, 0.3) is 0 Å². The topological polar surface area (TPSA) is 40.6 Å². The summed E-state index contributed by atoms with van der Waals surface area (Å²) < 4.78 is 0. The molecule has 0 saturated carbocycles. The average molecular weight is 225 g/mol. The van der Waals surface area contributed by atoms with Crippen molar-refractivity contribution < 1.29 is 9.59 Å². The molecule has 1 aliphatic heterocycles. The maximum Gasteiger partial charge on any atom is 0.331 e. The number of carbonyl (C=O) groups is 2. The summed E-state index contributed by atoms with van der Waals surface area (Å²) in [5, 5.41) is 0.502. The fourth-order valence-corrected chi connectivity index (χ4v) is 1.67. The standard InChI is InChI=1S/C10H9ClN2O2/c1-12-6-9(14)13(10(12)15)8-4-2-3-7(11)5-8/h2-5H,6H2,1H3. The summed E-state index contributed by atoms with van der Waals surface area (Å²) in [5.41, 5.74) is 0.516. The van der Waals surface area contributed by atoms with Crippen molar-refractivity contribution in [2.45, 2.75) is 0 Å². The lowest BCUT2D eigenvalue weighted by Gasteiger charge is -2.13. The fraction of sp³-hybridized carbons (Fsp3) is 0.200. The first-order valence-electron chi connectivity index (χ1n) is 4.43. The molecule has 0 spiro atoms. The van der Waals surface area contributed by atoms with E-state index in [9.17, 15) is 9.59 Å². The predicted molar refractivity (Wildman–Crippen MR) is 57.0 cm³/mol. The van der Waals surface area contributed by atoms with Gasteiger partial charge in [0.05, 0.1) is 5.69 Å². The third-order valence-corrected chi connectivity index (χ3v) is 2.44. The first-order chi connectivity index (χ1) is 7.09. The van der Waals surface area contributed by atoms with Crippen molar-refractivity contribution in [3.8, 4) is 0 Å². The molecule has 1 saturated heterocycles. The minimum absolute atomic E-state index is 0.116. The van der Waals surface area contributed by atoms with Gasteiger partial charge in [0, 0.05) is 12.1 Å². The highest BCUT2D eigenvalue weighted by molar-refractivity contribution is 6.31. The normalized spacial score (nSPS) is 16.4. The maximum atomic E-state index is 11.6. The Balaban J connectivity index is 2.39. The van der Waals surface area contributed by atoms with E-state index in [1.165, 1.54) is 4.90 Å². The van der Waals surface area contributed by atoms with Crippen LogP contribution in [0.5, 0.6) is 0 Å². The Kier molecular flexibility index (Phi) is 2.36.